The third kappa shape index (κ3) is 4.39. The zero-order chi connectivity index (χ0) is 18.7. The van der Waals surface area contributed by atoms with E-state index in [4.69, 9.17) is 0 Å². The molecule has 0 aliphatic heterocycles. The van der Waals surface area contributed by atoms with Gasteiger partial charge in [-0.15, -0.1) is 0 Å². The fourth-order valence-electron chi connectivity index (χ4n) is 3.05. The molecule has 0 unspecified atom stereocenters. The molecule has 0 spiro atoms. The van der Waals surface area contributed by atoms with Crippen LogP contribution >= 0.6 is 0 Å². The lowest BCUT2D eigenvalue weighted by Crippen LogP contribution is -2.24. The number of sulfonamides is 1. The Kier molecular flexibility index (Phi) is 5.24. The minimum Gasteiger partial charge on any atom is -0.364 e. The number of Topliss-reactive ketones (excluding diaryl/α,β-unsaturated/α-hetero) is 1. The van der Waals surface area contributed by atoms with Crippen molar-refractivity contribution in [2.75, 3.05) is 18.1 Å². The first kappa shape index (κ1) is 18.3. The molecule has 0 fully saturated rings. The van der Waals surface area contributed by atoms with E-state index in [1.54, 1.807) is 18.3 Å². The van der Waals surface area contributed by atoms with E-state index < -0.39 is 10.0 Å². The Morgan fingerprint density at radius 1 is 1.19 bits per heavy atom. The van der Waals surface area contributed by atoms with E-state index >= 15 is 0 Å². The van der Waals surface area contributed by atoms with Gasteiger partial charge in [-0.2, -0.15) is 0 Å². The molecule has 7 nitrogen and oxygen atoms in total. The van der Waals surface area contributed by atoms with Gasteiger partial charge in [0, 0.05) is 30.5 Å². The average molecular weight is 375 g/mol. The molecule has 1 aliphatic rings. The van der Waals surface area contributed by atoms with Crippen LogP contribution in [0.1, 0.15) is 44.8 Å². The summed E-state index contributed by atoms with van der Waals surface area (Å²) in [5.41, 5.74) is 3.30. The molecule has 1 aromatic heterocycles. The highest BCUT2D eigenvalue weighted by atomic mass is 32.2. The van der Waals surface area contributed by atoms with Crippen molar-refractivity contribution in [3.8, 4) is 0 Å². The van der Waals surface area contributed by atoms with Crippen molar-refractivity contribution >= 4 is 27.4 Å². The van der Waals surface area contributed by atoms with Crippen LogP contribution in [0.25, 0.3) is 0 Å². The maximum absolute atomic E-state index is 12.5. The standard InChI is InChI=1S/C18H21N3O4S/c1-26(24,25)20-10-9-12-5-7-13(8-6-12)21-18(23)14-11-19-15-3-2-4-16(22)17(14)15/h5-8,11,19-20H,2-4,9-10H2,1H3,(H,21,23). The largest absolute Gasteiger partial charge is 0.364 e. The lowest BCUT2D eigenvalue weighted by Gasteiger charge is -2.12. The summed E-state index contributed by atoms with van der Waals surface area (Å²) in [5.74, 6) is -0.310. The first-order valence-corrected chi connectivity index (χ1v) is 10.3. The SMILES string of the molecule is CS(=O)(=O)NCCc1ccc(NC(=O)c2c[nH]c3c2C(=O)CCC3)cc1. The molecule has 1 amide bonds. The number of benzene rings is 1. The van der Waals surface area contributed by atoms with Crippen molar-refractivity contribution in [2.24, 2.45) is 0 Å². The van der Waals surface area contributed by atoms with Crippen molar-refractivity contribution < 1.29 is 18.0 Å². The molecule has 3 N–H and O–H groups in total. The van der Waals surface area contributed by atoms with E-state index in [1.165, 1.54) is 0 Å². The Morgan fingerprint density at radius 2 is 1.92 bits per heavy atom. The Morgan fingerprint density at radius 3 is 2.62 bits per heavy atom. The Balaban J connectivity index is 1.63. The number of amides is 1. The van der Waals surface area contributed by atoms with Crippen LogP contribution in [-0.4, -0.2) is 37.9 Å². The van der Waals surface area contributed by atoms with E-state index in [-0.39, 0.29) is 11.7 Å². The number of hydrogen-bond acceptors (Lipinski definition) is 4. The minimum atomic E-state index is -3.19. The third-order valence-corrected chi connectivity index (χ3v) is 5.03. The summed E-state index contributed by atoms with van der Waals surface area (Å²) in [6, 6.07) is 7.18. The molecule has 2 aromatic rings. The fraction of sp³-hybridized carbons (Fsp3) is 0.333. The van der Waals surface area contributed by atoms with Gasteiger partial charge in [0.25, 0.3) is 5.91 Å². The van der Waals surface area contributed by atoms with Crippen molar-refractivity contribution in [1.82, 2.24) is 9.71 Å². The van der Waals surface area contributed by atoms with Crippen LogP contribution in [0.15, 0.2) is 30.5 Å². The number of carbonyl (C=O) groups is 2. The van der Waals surface area contributed by atoms with Crippen LogP contribution in [0.3, 0.4) is 0 Å². The van der Waals surface area contributed by atoms with Crippen LogP contribution in [0.2, 0.25) is 0 Å². The number of fused-ring (bicyclic) bond motifs is 1. The highest BCUT2D eigenvalue weighted by Gasteiger charge is 2.25. The summed E-state index contributed by atoms with van der Waals surface area (Å²) in [5, 5.41) is 2.80. The summed E-state index contributed by atoms with van der Waals surface area (Å²) >= 11 is 0. The topological polar surface area (TPSA) is 108 Å². The number of aromatic nitrogens is 1. The summed E-state index contributed by atoms with van der Waals surface area (Å²) in [7, 11) is -3.19. The number of hydrogen-bond donors (Lipinski definition) is 3. The van der Waals surface area contributed by atoms with Gasteiger partial charge in [0.1, 0.15) is 0 Å². The van der Waals surface area contributed by atoms with Gasteiger partial charge < -0.3 is 10.3 Å². The lowest BCUT2D eigenvalue weighted by molar-refractivity contribution is 0.0956. The molecular formula is C18H21N3O4S. The Bertz CT molecular complexity index is 930. The van der Waals surface area contributed by atoms with Gasteiger partial charge >= 0.3 is 0 Å². The minimum absolute atomic E-state index is 0.00590. The number of carbonyl (C=O) groups excluding carboxylic acids is 2. The van der Waals surface area contributed by atoms with Gasteiger partial charge in [-0.1, -0.05) is 12.1 Å². The first-order chi connectivity index (χ1) is 12.3. The quantitative estimate of drug-likeness (QED) is 0.716. The van der Waals surface area contributed by atoms with Crippen molar-refractivity contribution in [3.63, 3.8) is 0 Å². The van der Waals surface area contributed by atoms with Crippen molar-refractivity contribution in [3.05, 3.63) is 52.8 Å². The molecule has 0 saturated carbocycles. The van der Waals surface area contributed by atoms with Crippen LogP contribution in [0, 0.1) is 0 Å². The average Bonchev–Trinajstić information content (AvgIpc) is 3.01. The zero-order valence-corrected chi connectivity index (χ0v) is 15.3. The maximum Gasteiger partial charge on any atom is 0.257 e. The molecule has 0 bridgehead atoms. The van der Waals surface area contributed by atoms with Gasteiger partial charge in [-0.25, -0.2) is 13.1 Å². The molecule has 138 valence electrons. The van der Waals surface area contributed by atoms with E-state index in [0.717, 1.165) is 30.4 Å². The Labute approximate surface area is 152 Å². The molecule has 1 heterocycles. The van der Waals surface area contributed by atoms with Crippen LogP contribution in [0.4, 0.5) is 5.69 Å². The van der Waals surface area contributed by atoms with E-state index in [1.807, 2.05) is 12.1 Å². The van der Waals surface area contributed by atoms with Crippen molar-refractivity contribution in [2.45, 2.75) is 25.7 Å². The number of rotatable bonds is 6. The number of H-pyrrole nitrogens is 1. The number of nitrogens with one attached hydrogen (secondary N) is 3. The predicted molar refractivity (Wildman–Crippen MR) is 99.0 cm³/mol. The van der Waals surface area contributed by atoms with E-state index in [2.05, 4.69) is 15.0 Å². The van der Waals surface area contributed by atoms with Gasteiger partial charge in [0.2, 0.25) is 10.0 Å². The summed E-state index contributed by atoms with van der Waals surface area (Å²) in [6.45, 7) is 0.322. The van der Waals surface area contributed by atoms with E-state index in [9.17, 15) is 18.0 Å². The molecule has 0 saturated heterocycles. The highest BCUT2D eigenvalue weighted by molar-refractivity contribution is 7.88. The van der Waals surface area contributed by atoms with Crippen LogP contribution < -0.4 is 10.0 Å². The van der Waals surface area contributed by atoms with E-state index in [0.29, 0.717) is 36.2 Å². The van der Waals surface area contributed by atoms with Crippen molar-refractivity contribution in [1.29, 1.82) is 0 Å². The molecule has 8 heteroatoms. The predicted octanol–water partition coefficient (Wildman–Crippen LogP) is 1.88. The molecule has 1 aliphatic carbocycles. The molecule has 1 aromatic carbocycles. The van der Waals surface area contributed by atoms with Crippen LogP contribution in [-0.2, 0) is 22.9 Å². The molecule has 26 heavy (non-hydrogen) atoms. The molecule has 3 rings (SSSR count). The number of anilines is 1. The monoisotopic (exact) mass is 375 g/mol. The normalized spacial score (nSPS) is 14.1. The summed E-state index contributed by atoms with van der Waals surface area (Å²) < 4.78 is 24.5. The number of aryl methyl sites for hydroxylation is 1. The molecule has 0 radical (unpaired) electrons. The smallest absolute Gasteiger partial charge is 0.257 e. The maximum atomic E-state index is 12.5. The second-order valence-corrected chi connectivity index (χ2v) is 8.23. The number of ketones is 1. The second-order valence-electron chi connectivity index (χ2n) is 6.40. The summed E-state index contributed by atoms with van der Waals surface area (Å²) in [6.07, 6.45) is 5.33. The second kappa shape index (κ2) is 7.43. The lowest BCUT2D eigenvalue weighted by atomic mass is 9.93. The molecular weight excluding hydrogens is 354 g/mol. The Hall–Kier alpha value is -2.45. The molecule has 0 atom stereocenters. The van der Waals surface area contributed by atoms with Gasteiger partial charge in [-0.3, -0.25) is 9.59 Å². The van der Waals surface area contributed by atoms with Gasteiger partial charge in [-0.05, 0) is 37.0 Å². The fourth-order valence-corrected chi connectivity index (χ4v) is 3.52. The zero-order valence-electron chi connectivity index (χ0n) is 14.5. The third-order valence-electron chi connectivity index (χ3n) is 4.31. The first-order valence-electron chi connectivity index (χ1n) is 8.42. The van der Waals surface area contributed by atoms with Gasteiger partial charge in [0.15, 0.2) is 5.78 Å². The van der Waals surface area contributed by atoms with Crippen LogP contribution in [0.5, 0.6) is 0 Å². The number of aromatic amines is 1. The summed E-state index contributed by atoms with van der Waals surface area (Å²) in [4.78, 5) is 27.6. The van der Waals surface area contributed by atoms with Gasteiger partial charge in [0.05, 0.1) is 17.4 Å². The highest BCUT2D eigenvalue weighted by Crippen LogP contribution is 2.24.